The third-order valence-corrected chi connectivity index (χ3v) is 6.46. The summed E-state index contributed by atoms with van der Waals surface area (Å²) in [4.78, 5) is 31.4. The highest BCUT2D eigenvalue weighted by Crippen LogP contribution is 2.32. The second-order valence-corrected chi connectivity index (χ2v) is 8.71. The Morgan fingerprint density at radius 2 is 1.97 bits per heavy atom. The summed E-state index contributed by atoms with van der Waals surface area (Å²) in [6.45, 7) is 2.16. The number of nitrogens with zero attached hydrogens (tertiary/aromatic N) is 4. The first-order valence-corrected chi connectivity index (χ1v) is 11.8. The minimum Gasteiger partial charge on any atom is -0.481 e. The van der Waals surface area contributed by atoms with Crippen LogP contribution in [0.5, 0.6) is 5.88 Å². The summed E-state index contributed by atoms with van der Waals surface area (Å²) in [6.07, 6.45) is 8.36. The highest BCUT2D eigenvalue weighted by atomic mass is 32.1. The maximum Gasteiger partial charge on any atom is 0.306 e. The molecule has 7 nitrogen and oxygen atoms in total. The van der Waals surface area contributed by atoms with Crippen LogP contribution in [0.15, 0.2) is 55.0 Å². The van der Waals surface area contributed by atoms with Crippen molar-refractivity contribution < 1.29 is 14.3 Å². The number of ether oxygens (including phenoxy) is 2. The van der Waals surface area contributed by atoms with Crippen LogP contribution in [0.25, 0.3) is 11.0 Å². The van der Waals surface area contributed by atoms with Gasteiger partial charge in [0.25, 0.3) is 0 Å². The van der Waals surface area contributed by atoms with Gasteiger partial charge in [0.1, 0.15) is 5.01 Å². The van der Waals surface area contributed by atoms with Crippen LogP contribution < -0.4 is 4.74 Å². The molecule has 170 valence electrons. The molecular formula is C25H26N4O3S. The number of thiazole rings is 1. The van der Waals surface area contributed by atoms with Crippen LogP contribution in [0.3, 0.4) is 0 Å². The van der Waals surface area contributed by atoms with Crippen LogP contribution in [-0.2, 0) is 22.4 Å². The Morgan fingerprint density at radius 1 is 1.06 bits per heavy atom. The lowest BCUT2D eigenvalue weighted by molar-refractivity contribution is -0.143. The SMILES string of the molecule is CCOC(=O)CC(c1ccc(OC)nc1)c1ncc(CCCc2ccc3cccnc3n2)s1. The Hall–Kier alpha value is -3.39. The van der Waals surface area contributed by atoms with E-state index < -0.39 is 0 Å². The molecule has 0 bridgehead atoms. The summed E-state index contributed by atoms with van der Waals surface area (Å²) in [5.74, 6) is 0.0893. The van der Waals surface area contributed by atoms with Crippen molar-refractivity contribution in [3.8, 4) is 5.88 Å². The average Bonchev–Trinajstić information content (AvgIpc) is 3.31. The van der Waals surface area contributed by atoms with E-state index in [-0.39, 0.29) is 18.3 Å². The quantitative estimate of drug-likeness (QED) is 0.314. The fourth-order valence-corrected chi connectivity index (χ4v) is 4.71. The highest BCUT2D eigenvalue weighted by Gasteiger charge is 2.23. The molecule has 8 heteroatoms. The molecule has 0 N–H and O–H groups in total. The average molecular weight is 463 g/mol. The molecule has 4 rings (SSSR count). The zero-order chi connectivity index (χ0) is 23.0. The van der Waals surface area contributed by atoms with Crippen molar-refractivity contribution in [2.24, 2.45) is 0 Å². The molecule has 0 saturated heterocycles. The van der Waals surface area contributed by atoms with Gasteiger partial charge in [-0.05, 0) is 56.0 Å². The summed E-state index contributed by atoms with van der Waals surface area (Å²) in [7, 11) is 1.58. The topological polar surface area (TPSA) is 87.1 Å². The lowest BCUT2D eigenvalue weighted by Crippen LogP contribution is -2.11. The van der Waals surface area contributed by atoms with E-state index in [2.05, 4.69) is 32.1 Å². The number of fused-ring (bicyclic) bond motifs is 1. The zero-order valence-electron chi connectivity index (χ0n) is 18.7. The van der Waals surface area contributed by atoms with Gasteiger partial charge in [0.2, 0.25) is 5.88 Å². The summed E-state index contributed by atoms with van der Waals surface area (Å²) < 4.78 is 10.4. The monoisotopic (exact) mass is 462 g/mol. The Bertz CT molecular complexity index is 1210. The fourth-order valence-electron chi connectivity index (χ4n) is 3.63. The molecule has 1 unspecified atom stereocenters. The number of aromatic nitrogens is 4. The van der Waals surface area contributed by atoms with Crippen molar-refractivity contribution in [2.75, 3.05) is 13.7 Å². The number of carbonyl (C=O) groups is 1. The van der Waals surface area contributed by atoms with Gasteiger partial charge in [-0.2, -0.15) is 0 Å². The molecule has 4 aromatic heterocycles. The van der Waals surface area contributed by atoms with E-state index in [4.69, 9.17) is 9.47 Å². The van der Waals surface area contributed by atoms with Crippen molar-refractivity contribution in [3.63, 3.8) is 0 Å². The van der Waals surface area contributed by atoms with Crippen LogP contribution in [-0.4, -0.2) is 39.6 Å². The molecule has 0 spiro atoms. The van der Waals surface area contributed by atoms with Gasteiger partial charge < -0.3 is 9.47 Å². The number of pyridine rings is 3. The van der Waals surface area contributed by atoms with Gasteiger partial charge >= 0.3 is 5.97 Å². The van der Waals surface area contributed by atoms with Crippen molar-refractivity contribution in [2.45, 2.75) is 38.5 Å². The number of hydrogen-bond donors (Lipinski definition) is 0. The normalized spacial score (nSPS) is 11.9. The van der Waals surface area contributed by atoms with Gasteiger partial charge in [0, 0.05) is 46.5 Å². The highest BCUT2D eigenvalue weighted by molar-refractivity contribution is 7.11. The minimum absolute atomic E-state index is 0.200. The van der Waals surface area contributed by atoms with Crippen LogP contribution in [0, 0.1) is 0 Å². The molecule has 33 heavy (non-hydrogen) atoms. The number of methoxy groups -OCH3 is 1. The van der Waals surface area contributed by atoms with E-state index in [1.54, 1.807) is 36.9 Å². The maximum atomic E-state index is 12.2. The Labute approximate surface area is 196 Å². The van der Waals surface area contributed by atoms with E-state index >= 15 is 0 Å². The van der Waals surface area contributed by atoms with Crippen LogP contribution in [0.2, 0.25) is 0 Å². The summed E-state index contributed by atoms with van der Waals surface area (Å²) in [5.41, 5.74) is 2.73. The van der Waals surface area contributed by atoms with E-state index in [0.717, 1.165) is 46.6 Å². The maximum absolute atomic E-state index is 12.2. The molecule has 0 aromatic carbocycles. The van der Waals surface area contributed by atoms with Gasteiger partial charge in [0.15, 0.2) is 5.65 Å². The Morgan fingerprint density at radius 3 is 2.76 bits per heavy atom. The summed E-state index contributed by atoms with van der Waals surface area (Å²) in [6, 6.07) is 11.8. The van der Waals surface area contributed by atoms with Crippen LogP contribution in [0.4, 0.5) is 0 Å². The van der Waals surface area contributed by atoms with Crippen LogP contribution in [0.1, 0.15) is 46.8 Å². The van der Waals surface area contributed by atoms with Crippen LogP contribution >= 0.6 is 11.3 Å². The first kappa shape index (κ1) is 22.8. The second-order valence-electron chi connectivity index (χ2n) is 7.57. The zero-order valence-corrected chi connectivity index (χ0v) is 19.5. The van der Waals surface area contributed by atoms with Gasteiger partial charge in [0.05, 0.1) is 20.1 Å². The molecule has 4 heterocycles. The summed E-state index contributed by atoms with van der Waals surface area (Å²) in [5, 5.41) is 1.94. The lowest BCUT2D eigenvalue weighted by atomic mass is 9.98. The molecule has 1 atom stereocenters. The molecule has 0 radical (unpaired) electrons. The molecule has 0 amide bonds. The van der Waals surface area contributed by atoms with Gasteiger partial charge in [-0.15, -0.1) is 11.3 Å². The number of esters is 1. The predicted molar refractivity (Wildman–Crippen MR) is 128 cm³/mol. The number of hydrogen-bond acceptors (Lipinski definition) is 8. The van der Waals surface area contributed by atoms with E-state index in [1.165, 1.54) is 4.88 Å². The smallest absolute Gasteiger partial charge is 0.306 e. The minimum atomic E-state index is -0.244. The largest absolute Gasteiger partial charge is 0.481 e. The standard InChI is InChI=1S/C25H26N4O3S/c1-3-32-23(30)14-21(18-10-12-22(31-2)27-15-18)25-28-16-20(33-25)8-4-7-19-11-9-17-6-5-13-26-24(17)29-19/h5-6,9-13,15-16,21H,3-4,7-8,14H2,1-2H3. The third-order valence-electron chi connectivity index (χ3n) is 5.29. The van der Waals surface area contributed by atoms with Crippen molar-refractivity contribution in [3.05, 3.63) is 76.1 Å². The molecular weight excluding hydrogens is 436 g/mol. The second kappa shape index (κ2) is 11.0. The van der Waals surface area contributed by atoms with Gasteiger partial charge in [-0.1, -0.05) is 6.07 Å². The van der Waals surface area contributed by atoms with E-state index in [1.807, 2.05) is 31.3 Å². The third kappa shape index (κ3) is 5.90. The van der Waals surface area contributed by atoms with Crippen molar-refractivity contribution >= 4 is 28.3 Å². The number of aryl methyl sites for hydroxylation is 2. The molecule has 0 aliphatic heterocycles. The molecule has 4 aromatic rings. The Balaban J connectivity index is 1.43. The van der Waals surface area contributed by atoms with Gasteiger partial charge in [-0.25, -0.2) is 19.9 Å². The first-order valence-electron chi connectivity index (χ1n) is 11.0. The lowest BCUT2D eigenvalue weighted by Gasteiger charge is -2.14. The number of rotatable bonds is 10. The van der Waals surface area contributed by atoms with Gasteiger partial charge in [-0.3, -0.25) is 4.79 Å². The number of carbonyl (C=O) groups excluding carboxylic acids is 1. The predicted octanol–water partition coefficient (Wildman–Crippen LogP) is 4.75. The van der Waals surface area contributed by atoms with E-state index in [9.17, 15) is 4.79 Å². The summed E-state index contributed by atoms with van der Waals surface area (Å²) >= 11 is 1.63. The fraction of sp³-hybridized carbons (Fsp3) is 0.320. The van der Waals surface area contributed by atoms with Crippen molar-refractivity contribution in [1.29, 1.82) is 0 Å². The molecule has 0 aliphatic rings. The first-order chi connectivity index (χ1) is 16.2. The van der Waals surface area contributed by atoms with E-state index in [0.29, 0.717) is 12.5 Å². The molecule has 0 aliphatic carbocycles. The molecule has 0 fully saturated rings. The molecule has 0 saturated carbocycles. The van der Waals surface area contributed by atoms with Crippen molar-refractivity contribution in [1.82, 2.24) is 19.9 Å². The Kier molecular flexibility index (Phi) is 7.57.